The lowest BCUT2D eigenvalue weighted by Crippen LogP contribution is -2.33. The molecule has 4 aliphatic carbocycles. The molecule has 1 nitrogen and oxygen atoms in total. The third-order valence-corrected chi connectivity index (χ3v) is 5.72. The topological polar surface area (TPSA) is 17.1 Å². The van der Waals surface area contributed by atoms with E-state index in [2.05, 4.69) is 75.5 Å². The van der Waals surface area contributed by atoms with Crippen LogP contribution in [0.4, 0.5) is 0 Å². The molecule has 116 valence electrons. The van der Waals surface area contributed by atoms with Gasteiger partial charge in [-0.15, -0.1) is 0 Å². The molecule has 0 radical (unpaired) electrons. The summed E-state index contributed by atoms with van der Waals surface area (Å²) in [5.41, 5.74) is 5.75. The first kappa shape index (κ1) is 14.4. The van der Waals surface area contributed by atoms with Crippen LogP contribution in [0.15, 0.2) is 82.5 Å². The van der Waals surface area contributed by atoms with E-state index in [4.69, 9.17) is 0 Å². The van der Waals surface area contributed by atoms with Crippen LogP contribution in [0.2, 0.25) is 0 Å². The average Bonchev–Trinajstić information content (AvgIpc) is 2.58. The van der Waals surface area contributed by atoms with Crippen LogP contribution in [-0.4, -0.2) is 5.78 Å². The Kier molecular flexibility index (Phi) is 3.09. The Morgan fingerprint density at radius 1 is 0.957 bits per heavy atom. The van der Waals surface area contributed by atoms with Crippen molar-refractivity contribution < 1.29 is 4.79 Å². The standard InChI is InChI=1S/C22H22O/c1-4-22(2,3)21(23)18-13-16-9-5-7-14-11-12-15-8-6-10-17(18)20(15)19(14)16/h5-13,19-20H,4H2,1-3H3. The van der Waals surface area contributed by atoms with Crippen molar-refractivity contribution in [3.05, 3.63) is 82.5 Å². The molecule has 2 atom stereocenters. The molecule has 23 heavy (non-hydrogen) atoms. The Balaban J connectivity index is 1.93. The van der Waals surface area contributed by atoms with Crippen molar-refractivity contribution in [2.75, 3.05) is 0 Å². The second-order valence-electron chi connectivity index (χ2n) is 7.42. The van der Waals surface area contributed by atoms with E-state index in [1.54, 1.807) is 0 Å². The Bertz CT molecular complexity index is 803. The fourth-order valence-electron chi connectivity index (χ4n) is 3.95. The normalized spacial score (nSPS) is 27.3. The molecule has 0 aromatic heterocycles. The van der Waals surface area contributed by atoms with Crippen molar-refractivity contribution in [3.8, 4) is 0 Å². The smallest absolute Gasteiger partial charge is 0.168 e. The van der Waals surface area contributed by atoms with E-state index >= 15 is 0 Å². The van der Waals surface area contributed by atoms with Gasteiger partial charge >= 0.3 is 0 Å². The second kappa shape index (κ2) is 4.92. The van der Waals surface area contributed by atoms with Crippen LogP contribution in [0.1, 0.15) is 27.2 Å². The number of rotatable bonds is 3. The van der Waals surface area contributed by atoms with Crippen LogP contribution >= 0.6 is 0 Å². The Morgan fingerprint density at radius 2 is 1.61 bits per heavy atom. The van der Waals surface area contributed by atoms with Crippen LogP contribution < -0.4 is 0 Å². The summed E-state index contributed by atoms with van der Waals surface area (Å²) in [6.07, 6.45) is 20.3. The first-order valence-electron chi connectivity index (χ1n) is 8.48. The molecule has 0 N–H and O–H groups in total. The number of Topliss-reactive ketones (excluding diaryl/α,β-unsaturated/α-hetero) is 1. The minimum absolute atomic E-state index is 0.269. The minimum Gasteiger partial charge on any atom is -0.294 e. The van der Waals surface area contributed by atoms with Crippen molar-refractivity contribution >= 4 is 5.78 Å². The molecular weight excluding hydrogens is 280 g/mol. The number of hydrogen-bond acceptors (Lipinski definition) is 1. The van der Waals surface area contributed by atoms with Gasteiger partial charge in [-0.25, -0.2) is 0 Å². The number of ketones is 1. The quantitative estimate of drug-likeness (QED) is 0.715. The van der Waals surface area contributed by atoms with Crippen molar-refractivity contribution in [3.63, 3.8) is 0 Å². The van der Waals surface area contributed by atoms with Gasteiger partial charge < -0.3 is 0 Å². The van der Waals surface area contributed by atoms with Gasteiger partial charge in [-0.2, -0.15) is 0 Å². The maximum Gasteiger partial charge on any atom is 0.168 e. The predicted molar refractivity (Wildman–Crippen MR) is 94.8 cm³/mol. The zero-order valence-corrected chi connectivity index (χ0v) is 14.0. The van der Waals surface area contributed by atoms with Gasteiger partial charge in [0.2, 0.25) is 0 Å². The van der Waals surface area contributed by atoms with Crippen LogP contribution in [0.5, 0.6) is 0 Å². The molecule has 0 aliphatic heterocycles. The molecule has 1 heteroatoms. The lowest BCUT2D eigenvalue weighted by Gasteiger charge is -2.41. The van der Waals surface area contributed by atoms with E-state index in [1.807, 2.05) is 0 Å². The third kappa shape index (κ3) is 2.03. The zero-order chi connectivity index (χ0) is 16.2. The Morgan fingerprint density at radius 3 is 2.30 bits per heavy atom. The minimum atomic E-state index is -0.317. The lowest BCUT2D eigenvalue weighted by atomic mass is 9.62. The van der Waals surface area contributed by atoms with Gasteiger partial charge in [-0.1, -0.05) is 69.4 Å². The van der Waals surface area contributed by atoms with Gasteiger partial charge in [0, 0.05) is 22.8 Å². The largest absolute Gasteiger partial charge is 0.294 e. The molecule has 0 heterocycles. The fourth-order valence-corrected chi connectivity index (χ4v) is 3.95. The SMILES string of the molecule is CCC(C)(C)C(=O)C1=C2C=CC=C3C=CC4=CC=CC(=C1)C4C32. The number of allylic oxidation sites excluding steroid dienone is 14. The van der Waals surface area contributed by atoms with Crippen LogP contribution in [0.3, 0.4) is 0 Å². The first-order chi connectivity index (χ1) is 11.0. The van der Waals surface area contributed by atoms with E-state index in [9.17, 15) is 4.79 Å². The Hall–Kier alpha value is -2.15. The van der Waals surface area contributed by atoms with Gasteiger partial charge in [-0.05, 0) is 34.8 Å². The summed E-state index contributed by atoms with van der Waals surface area (Å²) in [6.45, 7) is 6.20. The second-order valence-corrected chi connectivity index (χ2v) is 7.42. The van der Waals surface area contributed by atoms with Crippen LogP contribution in [-0.2, 0) is 4.79 Å². The van der Waals surface area contributed by atoms with Crippen molar-refractivity contribution in [1.29, 1.82) is 0 Å². The third-order valence-electron chi connectivity index (χ3n) is 5.72. The molecule has 0 fully saturated rings. The summed E-state index contributed by atoms with van der Waals surface area (Å²) < 4.78 is 0. The summed E-state index contributed by atoms with van der Waals surface area (Å²) in [4.78, 5) is 13.2. The molecule has 4 aliphatic rings. The number of carbonyl (C=O) groups excluding carboxylic acids is 1. The molecule has 0 aromatic rings. The molecule has 0 amide bonds. The highest BCUT2D eigenvalue weighted by Crippen LogP contribution is 2.50. The van der Waals surface area contributed by atoms with E-state index in [0.717, 1.165) is 12.0 Å². The van der Waals surface area contributed by atoms with Crippen molar-refractivity contribution in [1.82, 2.24) is 0 Å². The highest BCUT2D eigenvalue weighted by Gasteiger charge is 2.41. The van der Waals surface area contributed by atoms with E-state index < -0.39 is 0 Å². The maximum atomic E-state index is 13.2. The lowest BCUT2D eigenvalue weighted by molar-refractivity contribution is -0.123. The van der Waals surface area contributed by atoms with Gasteiger partial charge in [0.1, 0.15) is 0 Å². The summed E-state index contributed by atoms with van der Waals surface area (Å²) in [7, 11) is 0. The maximum absolute atomic E-state index is 13.2. The number of carbonyl (C=O) groups is 1. The van der Waals surface area contributed by atoms with Gasteiger partial charge in [0.05, 0.1) is 0 Å². The Labute approximate surface area is 138 Å². The highest BCUT2D eigenvalue weighted by molar-refractivity contribution is 6.04. The van der Waals surface area contributed by atoms with Gasteiger partial charge in [-0.3, -0.25) is 4.79 Å². The molecule has 0 spiro atoms. The molecule has 4 rings (SSSR count). The molecule has 2 unspecified atom stereocenters. The highest BCUT2D eigenvalue weighted by atomic mass is 16.1. The fraction of sp³-hybridized carbons (Fsp3) is 0.318. The number of hydrogen-bond donors (Lipinski definition) is 0. The molecule has 0 aromatic carbocycles. The summed E-state index contributed by atoms with van der Waals surface area (Å²) in [5, 5.41) is 0. The van der Waals surface area contributed by atoms with E-state index in [-0.39, 0.29) is 11.2 Å². The van der Waals surface area contributed by atoms with Crippen molar-refractivity contribution in [2.24, 2.45) is 17.3 Å². The predicted octanol–water partition coefficient (Wildman–Crippen LogP) is 5.02. The molecule has 0 saturated carbocycles. The molecular formula is C22H22O. The van der Waals surface area contributed by atoms with E-state index in [1.165, 1.54) is 22.3 Å². The monoisotopic (exact) mass is 302 g/mol. The van der Waals surface area contributed by atoms with Gasteiger partial charge in [0.15, 0.2) is 5.78 Å². The van der Waals surface area contributed by atoms with Crippen LogP contribution in [0.25, 0.3) is 0 Å². The average molecular weight is 302 g/mol. The summed E-state index contributed by atoms with van der Waals surface area (Å²) in [6, 6.07) is 0. The summed E-state index contributed by atoms with van der Waals surface area (Å²) in [5.74, 6) is 0.941. The van der Waals surface area contributed by atoms with Crippen LogP contribution in [0, 0.1) is 17.3 Å². The van der Waals surface area contributed by atoms with Crippen molar-refractivity contribution in [2.45, 2.75) is 27.2 Å². The first-order valence-corrected chi connectivity index (χ1v) is 8.48. The summed E-state index contributed by atoms with van der Waals surface area (Å²) >= 11 is 0. The zero-order valence-electron chi connectivity index (χ0n) is 14.0. The van der Waals surface area contributed by atoms with Gasteiger partial charge in [0.25, 0.3) is 0 Å². The van der Waals surface area contributed by atoms with E-state index in [0.29, 0.717) is 11.8 Å². The molecule has 0 bridgehead atoms. The molecule has 0 saturated heterocycles.